The van der Waals surface area contributed by atoms with E-state index >= 15 is 0 Å². The number of hydrogen-bond acceptors (Lipinski definition) is 4. The van der Waals surface area contributed by atoms with Crippen LogP contribution in [0.15, 0.2) is 71.6 Å². The zero-order valence-electron chi connectivity index (χ0n) is 23.5. The second-order valence-corrected chi connectivity index (χ2v) is 13.5. The first-order valence-corrected chi connectivity index (χ1v) is 16.5. The molecule has 1 atom stereocenters. The van der Waals surface area contributed by atoms with Gasteiger partial charge in [0.2, 0.25) is 11.8 Å². The van der Waals surface area contributed by atoms with E-state index in [4.69, 9.17) is 34.8 Å². The molecule has 3 aromatic carbocycles. The maximum Gasteiger partial charge on any atom is 0.264 e. The lowest BCUT2D eigenvalue weighted by molar-refractivity contribution is -0.140. The third-order valence-electron chi connectivity index (χ3n) is 7.48. The fourth-order valence-corrected chi connectivity index (χ4v) is 7.03. The van der Waals surface area contributed by atoms with Gasteiger partial charge in [0.05, 0.1) is 20.6 Å². The van der Waals surface area contributed by atoms with Crippen molar-refractivity contribution in [2.24, 2.45) is 0 Å². The number of anilines is 1. The van der Waals surface area contributed by atoms with Crippen molar-refractivity contribution in [3.8, 4) is 0 Å². The van der Waals surface area contributed by atoms with Crippen molar-refractivity contribution in [3.63, 3.8) is 0 Å². The number of amides is 2. The Morgan fingerprint density at radius 2 is 1.62 bits per heavy atom. The highest BCUT2D eigenvalue weighted by Gasteiger charge is 2.34. The minimum absolute atomic E-state index is 0.0246. The van der Waals surface area contributed by atoms with Crippen molar-refractivity contribution in [3.05, 3.63) is 92.9 Å². The van der Waals surface area contributed by atoms with E-state index in [-0.39, 0.29) is 29.1 Å². The highest BCUT2D eigenvalue weighted by molar-refractivity contribution is 7.92. The second kappa shape index (κ2) is 14.1. The summed E-state index contributed by atoms with van der Waals surface area (Å²) in [6, 6.07) is 16.9. The second-order valence-electron chi connectivity index (χ2n) is 10.4. The van der Waals surface area contributed by atoms with Crippen molar-refractivity contribution in [2.75, 3.05) is 10.8 Å². The highest BCUT2D eigenvalue weighted by atomic mass is 35.5. The third kappa shape index (κ3) is 7.59. The van der Waals surface area contributed by atoms with Gasteiger partial charge < -0.3 is 10.2 Å². The molecule has 1 saturated carbocycles. The molecule has 1 aliphatic carbocycles. The summed E-state index contributed by atoms with van der Waals surface area (Å²) in [6.45, 7) is 3.11. The Balaban J connectivity index is 1.73. The number of benzene rings is 3. The van der Waals surface area contributed by atoms with Gasteiger partial charge in [-0.3, -0.25) is 13.9 Å². The van der Waals surface area contributed by atoms with Crippen LogP contribution in [0.3, 0.4) is 0 Å². The molecular formula is C31H34Cl3N3O4S. The summed E-state index contributed by atoms with van der Waals surface area (Å²) >= 11 is 18.8. The van der Waals surface area contributed by atoms with E-state index in [2.05, 4.69) is 5.32 Å². The van der Waals surface area contributed by atoms with Gasteiger partial charge in [0, 0.05) is 17.6 Å². The number of nitrogens with zero attached hydrogens (tertiary/aromatic N) is 2. The standard InChI is InChI=1S/C31H34Cl3N3O4S/c1-3-29(31(39)35-23-9-7-8-10-23)36(19-22-14-16-26(32)28(34)17-22)30(38)20-37(24-15-13-21(2)27(33)18-24)42(40,41)25-11-5-4-6-12-25/h4-6,11-18,23,29H,3,7-10,19-20H2,1-2H3,(H,35,39). The zero-order chi connectivity index (χ0) is 30.4. The first-order chi connectivity index (χ1) is 20.0. The topological polar surface area (TPSA) is 86.8 Å². The molecule has 42 heavy (non-hydrogen) atoms. The van der Waals surface area contributed by atoms with Gasteiger partial charge >= 0.3 is 0 Å². The molecule has 0 spiro atoms. The SMILES string of the molecule is CCC(C(=O)NC1CCCC1)N(Cc1ccc(Cl)c(Cl)c1)C(=O)CN(c1ccc(C)c(Cl)c1)S(=O)(=O)c1ccccc1. The lowest BCUT2D eigenvalue weighted by Crippen LogP contribution is -2.53. The van der Waals surface area contributed by atoms with Gasteiger partial charge in [-0.15, -0.1) is 0 Å². The number of carbonyl (C=O) groups is 2. The molecule has 7 nitrogen and oxygen atoms in total. The molecule has 4 rings (SSSR count). The van der Waals surface area contributed by atoms with Crippen molar-refractivity contribution in [1.29, 1.82) is 0 Å². The smallest absolute Gasteiger partial charge is 0.264 e. The van der Waals surface area contributed by atoms with E-state index in [1.165, 1.54) is 23.1 Å². The Kier molecular flexibility index (Phi) is 10.8. The van der Waals surface area contributed by atoms with Gasteiger partial charge in [0.1, 0.15) is 12.6 Å². The molecule has 224 valence electrons. The first kappa shape index (κ1) is 32.1. The Hall–Kier alpha value is -2.78. The predicted octanol–water partition coefficient (Wildman–Crippen LogP) is 7.02. The molecule has 0 aromatic heterocycles. The molecule has 0 bridgehead atoms. The van der Waals surface area contributed by atoms with Gasteiger partial charge in [-0.05, 0) is 73.7 Å². The van der Waals surface area contributed by atoms with Crippen molar-refractivity contribution >= 4 is 62.3 Å². The Bertz CT molecular complexity index is 1530. The van der Waals surface area contributed by atoms with Gasteiger partial charge in [0.25, 0.3) is 10.0 Å². The summed E-state index contributed by atoms with van der Waals surface area (Å²) in [5.41, 5.74) is 1.65. The van der Waals surface area contributed by atoms with E-state index in [9.17, 15) is 18.0 Å². The largest absolute Gasteiger partial charge is 0.352 e. The molecule has 1 unspecified atom stereocenters. The molecule has 0 radical (unpaired) electrons. The third-order valence-corrected chi connectivity index (χ3v) is 10.4. The average Bonchev–Trinajstić information content (AvgIpc) is 3.48. The van der Waals surface area contributed by atoms with Gasteiger partial charge in [-0.1, -0.05) is 84.9 Å². The minimum atomic E-state index is -4.18. The Labute approximate surface area is 262 Å². The molecule has 0 aliphatic heterocycles. The number of rotatable bonds is 11. The summed E-state index contributed by atoms with van der Waals surface area (Å²) in [5, 5.41) is 4.14. The van der Waals surface area contributed by atoms with E-state index in [1.54, 1.807) is 55.5 Å². The number of hydrogen-bond donors (Lipinski definition) is 1. The number of carbonyl (C=O) groups excluding carboxylic acids is 2. The fraction of sp³-hybridized carbons (Fsp3) is 0.355. The van der Waals surface area contributed by atoms with Crippen molar-refractivity contribution in [2.45, 2.75) is 69.5 Å². The van der Waals surface area contributed by atoms with Crippen LogP contribution in [0.5, 0.6) is 0 Å². The molecule has 1 aliphatic rings. The summed E-state index contributed by atoms with van der Waals surface area (Å²) in [6.07, 6.45) is 4.19. The van der Waals surface area contributed by atoms with Gasteiger partial charge in [-0.2, -0.15) is 0 Å². The van der Waals surface area contributed by atoms with Crippen LogP contribution in [0, 0.1) is 6.92 Å². The number of aryl methyl sites for hydroxylation is 1. The normalized spacial score (nSPS) is 14.4. The summed E-state index contributed by atoms with van der Waals surface area (Å²) in [5.74, 6) is -0.820. The Morgan fingerprint density at radius 1 is 0.929 bits per heavy atom. The van der Waals surface area contributed by atoms with Gasteiger partial charge in [0.15, 0.2) is 0 Å². The zero-order valence-corrected chi connectivity index (χ0v) is 26.6. The van der Waals surface area contributed by atoms with Crippen molar-refractivity contribution in [1.82, 2.24) is 10.2 Å². The average molecular weight is 651 g/mol. The summed E-state index contributed by atoms with van der Waals surface area (Å²) < 4.78 is 28.9. The molecule has 2 amide bonds. The van der Waals surface area contributed by atoms with Crippen LogP contribution in [0.4, 0.5) is 5.69 Å². The van der Waals surface area contributed by atoms with Crippen LogP contribution < -0.4 is 9.62 Å². The Morgan fingerprint density at radius 3 is 2.24 bits per heavy atom. The van der Waals surface area contributed by atoms with Gasteiger partial charge in [-0.25, -0.2) is 8.42 Å². The van der Waals surface area contributed by atoms with E-state index in [1.807, 2.05) is 6.92 Å². The van der Waals surface area contributed by atoms with Crippen molar-refractivity contribution < 1.29 is 18.0 Å². The number of nitrogens with one attached hydrogen (secondary N) is 1. The summed E-state index contributed by atoms with van der Waals surface area (Å²) in [4.78, 5) is 29.2. The van der Waals surface area contributed by atoms with Crippen LogP contribution in [-0.2, 0) is 26.2 Å². The van der Waals surface area contributed by atoms with Crippen LogP contribution in [0.1, 0.15) is 50.2 Å². The van der Waals surface area contributed by atoms with Crippen LogP contribution in [0.2, 0.25) is 15.1 Å². The molecule has 0 saturated heterocycles. The van der Waals surface area contributed by atoms with E-state index in [0.29, 0.717) is 27.1 Å². The fourth-order valence-electron chi connectivity index (χ4n) is 5.11. The first-order valence-electron chi connectivity index (χ1n) is 13.9. The molecule has 1 fully saturated rings. The number of sulfonamides is 1. The molecule has 11 heteroatoms. The monoisotopic (exact) mass is 649 g/mol. The molecule has 0 heterocycles. The predicted molar refractivity (Wildman–Crippen MR) is 169 cm³/mol. The van der Waals surface area contributed by atoms with Crippen LogP contribution in [0.25, 0.3) is 0 Å². The minimum Gasteiger partial charge on any atom is -0.352 e. The lowest BCUT2D eigenvalue weighted by Gasteiger charge is -2.34. The quantitative estimate of drug-likeness (QED) is 0.242. The van der Waals surface area contributed by atoms with Crippen LogP contribution >= 0.6 is 34.8 Å². The summed E-state index contributed by atoms with van der Waals surface area (Å²) in [7, 11) is -4.18. The molecular weight excluding hydrogens is 617 g/mol. The maximum atomic E-state index is 14.2. The van der Waals surface area contributed by atoms with E-state index < -0.39 is 28.5 Å². The maximum absolute atomic E-state index is 14.2. The van der Waals surface area contributed by atoms with E-state index in [0.717, 1.165) is 35.6 Å². The number of halogens is 3. The molecule has 3 aromatic rings. The van der Waals surface area contributed by atoms with Crippen LogP contribution in [-0.4, -0.2) is 43.8 Å². The molecule has 1 N–H and O–H groups in total. The lowest BCUT2D eigenvalue weighted by atomic mass is 10.1. The highest BCUT2D eigenvalue weighted by Crippen LogP contribution is 2.29.